The van der Waals surface area contributed by atoms with Crippen LogP contribution in [-0.2, 0) is 4.74 Å². The van der Waals surface area contributed by atoms with E-state index in [4.69, 9.17) is 14.2 Å². The fraction of sp³-hybridized carbons (Fsp3) is 0.263. The predicted octanol–water partition coefficient (Wildman–Crippen LogP) is 4.46. The first-order valence-electron chi connectivity index (χ1n) is 7.40. The summed E-state index contributed by atoms with van der Waals surface area (Å²) in [5.74, 6) is 2.10. The van der Waals surface area contributed by atoms with Crippen LogP contribution < -0.4 is 9.47 Å². The molecule has 3 nitrogen and oxygen atoms in total. The molecule has 0 N–H and O–H groups in total. The highest BCUT2D eigenvalue weighted by Crippen LogP contribution is 2.36. The van der Waals surface area contributed by atoms with Gasteiger partial charge in [-0.15, -0.1) is 0 Å². The molecule has 22 heavy (non-hydrogen) atoms. The molecule has 0 radical (unpaired) electrons. The Balaban J connectivity index is 1.75. The van der Waals surface area contributed by atoms with Crippen LogP contribution in [0.5, 0.6) is 11.5 Å². The van der Waals surface area contributed by atoms with Gasteiger partial charge < -0.3 is 14.2 Å². The molecule has 1 aliphatic heterocycles. The van der Waals surface area contributed by atoms with Gasteiger partial charge >= 0.3 is 0 Å². The number of methoxy groups -OCH3 is 2. The molecule has 3 rings (SSSR count). The van der Waals surface area contributed by atoms with Crippen molar-refractivity contribution in [2.24, 2.45) is 0 Å². The molecule has 1 aliphatic rings. The van der Waals surface area contributed by atoms with Crippen molar-refractivity contribution >= 4 is 0 Å². The molecule has 0 saturated carbocycles. The van der Waals surface area contributed by atoms with Crippen LogP contribution in [0, 0.1) is 0 Å². The summed E-state index contributed by atoms with van der Waals surface area (Å²) in [6, 6.07) is 16.3. The summed E-state index contributed by atoms with van der Waals surface area (Å²) in [6.07, 6.45) is 4.92. The van der Waals surface area contributed by atoms with Crippen molar-refractivity contribution < 1.29 is 14.2 Å². The first-order valence-corrected chi connectivity index (χ1v) is 7.40. The molecule has 0 bridgehead atoms. The second-order valence-corrected chi connectivity index (χ2v) is 5.34. The van der Waals surface area contributed by atoms with Crippen LogP contribution in [-0.4, -0.2) is 14.2 Å². The van der Waals surface area contributed by atoms with E-state index in [0.717, 1.165) is 17.9 Å². The van der Waals surface area contributed by atoms with Crippen LogP contribution in [0.1, 0.15) is 29.6 Å². The fourth-order valence-electron chi connectivity index (χ4n) is 2.73. The molecule has 0 unspecified atom stereocenters. The molecule has 3 heteroatoms. The number of hydrogen-bond acceptors (Lipinski definition) is 3. The van der Waals surface area contributed by atoms with E-state index in [2.05, 4.69) is 30.3 Å². The van der Waals surface area contributed by atoms with Gasteiger partial charge in [0.2, 0.25) is 0 Å². The highest BCUT2D eigenvalue weighted by atomic mass is 16.5. The van der Waals surface area contributed by atoms with E-state index in [1.807, 2.05) is 30.5 Å². The Bertz CT molecular complexity index is 629. The van der Waals surface area contributed by atoms with Crippen molar-refractivity contribution in [3.63, 3.8) is 0 Å². The van der Waals surface area contributed by atoms with Crippen LogP contribution in [0.2, 0.25) is 0 Å². The van der Waals surface area contributed by atoms with Gasteiger partial charge in [-0.05, 0) is 47.9 Å². The van der Waals surface area contributed by atoms with E-state index >= 15 is 0 Å². The van der Waals surface area contributed by atoms with E-state index < -0.39 is 0 Å². The molecule has 2 aromatic carbocycles. The molecular formula is C19H20O3. The first kappa shape index (κ1) is 14.5. The van der Waals surface area contributed by atoms with Crippen LogP contribution in [0.25, 0.3) is 0 Å². The Morgan fingerprint density at radius 3 is 1.91 bits per heavy atom. The largest absolute Gasteiger partial charge is 0.497 e. The summed E-state index contributed by atoms with van der Waals surface area (Å²) in [7, 11) is 3.36. The molecule has 2 aromatic rings. The van der Waals surface area contributed by atoms with Gasteiger partial charge in [-0.2, -0.15) is 0 Å². The van der Waals surface area contributed by atoms with Crippen LogP contribution in [0.15, 0.2) is 60.9 Å². The van der Waals surface area contributed by atoms with Gasteiger partial charge in [0.05, 0.1) is 20.5 Å². The zero-order valence-electron chi connectivity index (χ0n) is 12.9. The maximum Gasteiger partial charge on any atom is 0.124 e. The fourth-order valence-corrected chi connectivity index (χ4v) is 2.73. The molecule has 2 atom stereocenters. The third kappa shape index (κ3) is 3.08. The van der Waals surface area contributed by atoms with Gasteiger partial charge in [0.25, 0.3) is 0 Å². The summed E-state index contributed by atoms with van der Waals surface area (Å²) < 4.78 is 16.2. The van der Waals surface area contributed by atoms with E-state index in [1.165, 1.54) is 11.1 Å². The molecule has 1 heterocycles. The number of hydrogen-bond donors (Lipinski definition) is 0. The summed E-state index contributed by atoms with van der Waals surface area (Å²) >= 11 is 0. The lowest BCUT2D eigenvalue weighted by molar-refractivity contribution is 0.118. The highest BCUT2D eigenvalue weighted by Gasteiger charge is 2.22. The molecule has 114 valence electrons. The lowest BCUT2D eigenvalue weighted by atomic mass is 9.89. The first-order chi connectivity index (χ1) is 10.8. The average molecular weight is 296 g/mol. The summed E-state index contributed by atoms with van der Waals surface area (Å²) in [4.78, 5) is 0. The van der Waals surface area contributed by atoms with E-state index in [-0.39, 0.29) is 6.10 Å². The Labute approximate surface area is 131 Å². The number of rotatable bonds is 4. The van der Waals surface area contributed by atoms with Gasteiger partial charge in [0, 0.05) is 5.92 Å². The third-order valence-corrected chi connectivity index (χ3v) is 4.05. The third-order valence-electron chi connectivity index (χ3n) is 4.05. The van der Waals surface area contributed by atoms with Crippen molar-refractivity contribution in [2.75, 3.05) is 14.2 Å². The zero-order valence-corrected chi connectivity index (χ0v) is 12.9. The number of allylic oxidation sites excluding steroid dienone is 1. The van der Waals surface area contributed by atoms with Crippen molar-refractivity contribution in [3.05, 3.63) is 72.0 Å². The minimum absolute atomic E-state index is 0.0722. The summed E-state index contributed by atoms with van der Waals surface area (Å²) in [5.41, 5.74) is 2.45. The summed E-state index contributed by atoms with van der Waals surface area (Å²) in [6.45, 7) is 0. The topological polar surface area (TPSA) is 27.7 Å². The standard InChI is InChI=1S/C19H20O3/c1-20-17-7-3-14(4-8-17)16-11-12-22-19(13-16)15-5-9-18(21-2)10-6-15/h3-12,16,19H,13H2,1-2H3/t16-,19+/m1/s1. The Hall–Kier alpha value is -2.42. The van der Waals surface area contributed by atoms with Gasteiger partial charge in [-0.25, -0.2) is 0 Å². The Morgan fingerprint density at radius 2 is 1.36 bits per heavy atom. The molecule has 0 fully saturated rings. The van der Waals surface area contributed by atoms with Crippen LogP contribution >= 0.6 is 0 Å². The molecule has 0 aliphatic carbocycles. The summed E-state index contributed by atoms with van der Waals surface area (Å²) in [5, 5.41) is 0. The second kappa shape index (κ2) is 6.56. The van der Waals surface area contributed by atoms with Gasteiger partial charge in [0.15, 0.2) is 0 Å². The normalized spacial score (nSPS) is 20.3. The predicted molar refractivity (Wildman–Crippen MR) is 86.3 cm³/mol. The molecule has 0 saturated heterocycles. The molecule has 0 aromatic heterocycles. The van der Waals surface area contributed by atoms with Crippen molar-refractivity contribution in [2.45, 2.75) is 18.4 Å². The molecule has 0 amide bonds. The van der Waals surface area contributed by atoms with Gasteiger partial charge in [-0.1, -0.05) is 24.3 Å². The van der Waals surface area contributed by atoms with Gasteiger partial charge in [-0.3, -0.25) is 0 Å². The molecular weight excluding hydrogens is 276 g/mol. The van der Waals surface area contributed by atoms with E-state index in [9.17, 15) is 0 Å². The van der Waals surface area contributed by atoms with Gasteiger partial charge in [0.1, 0.15) is 17.6 Å². The zero-order chi connectivity index (χ0) is 15.4. The van der Waals surface area contributed by atoms with Crippen molar-refractivity contribution in [1.29, 1.82) is 0 Å². The van der Waals surface area contributed by atoms with Crippen LogP contribution in [0.4, 0.5) is 0 Å². The lowest BCUT2D eigenvalue weighted by Crippen LogP contribution is -2.11. The Morgan fingerprint density at radius 1 is 0.818 bits per heavy atom. The maximum absolute atomic E-state index is 5.79. The second-order valence-electron chi connectivity index (χ2n) is 5.34. The maximum atomic E-state index is 5.79. The van der Waals surface area contributed by atoms with E-state index in [0.29, 0.717) is 5.92 Å². The number of ether oxygens (including phenoxy) is 3. The number of benzene rings is 2. The quantitative estimate of drug-likeness (QED) is 0.833. The van der Waals surface area contributed by atoms with Crippen molar-refractivity contribution in [3.8, 4) is 11.5 Å². The van der Waals surface area contributed by atoms with Crippen LogP contribution in [0.3, 0.4) is 0 Å². The average Bonchev–Trinajstić information content (AvgIpc) is 2.62. The minimum atomic E-state index is 0.0722. The Kier molecular flexibility index (Phi) is 4.33. The molecule has 0 spiro atoms. The van der Waals surface area contributed by atoms with Crippen molar-refractivity contribution in [1.82, 2.24) is 0 Å². The van der Waals surface area contributed by atoms with E-state index in [1.54, 1.807) is 14.2 Å². The lowest BCUT2D eigenvalue weighted by Gasteiger charge is -2.26. The smallest absolute Gasteiger partial charge is 0.124 e. The SMILES string of the molecule is COc1ccc([C@@H]2C=CO[C@H](c3ccc(OC)cc3)C2)cc1. The minimum Gasteiger partial charge on any atom is -0.497 e. The monoisotopic (exact) mass is 296 g/mol. The highest BCUT2D eigenvalue weighted by molar-refractivity contribution is 5.33.